The summed E-state index contributed by atoms with van der Waals surface area (Å²) in [7, 11) is 0. The molecule has 5 nitrogen and oxygen atoms in total. The molecule has 0 spiro atoms. The molecule has 0 saturated carbocycles. The molecular formula is C13H15F3N2O3. The standard InChI is InChI=1S/C13H15F3N2O3/c1-7(17-5-11(19)13(14,15)16)8-2-3-10-9(4-8)18-12(20)6-21-10/h2-4,7,11,17,19H,5-6H2,1H3,(H,18,20). The van der Waals surface area contributed by atoms with Gasteiger partial charge in [0.2, 0.25) is 0 Å². The van der Waals surface area contributed by atoms with Crippen molar-refractivity contribution in [2.75, 3.05) is 18.5 Å². The van der Waals surface area contributed by atoms with Crippen LogP contribution < -0.4 is 15.4 Å². The number of benzene rings is 1. The van der Waals surface area contributed by atoms with Gasteiger partial charge in [-0.05, 0) is 24.6 Å². The summed E-state index contributed by atoms with van der Waals surface area (Å²) in [6.07, 6.45) is -7.06. The molecule has 1 aromatic carbocycles. The van der Waals surface area contributed by atoms with E-state index in [1.165, 1.54) is 0 Å². The fourth-order valence-electron chi connectivity index (χ4n) is 1.89. The van der Waals surface area contributed by atoms with Crippen molar-refractivity contribution in [3.8, 4) is 5.75 Å². The molecule has 1 heterocycles. The van der Waals surface area contributed by atoms with E-state index < -0.39 is 24.9 Å². The second kappa shape index (κ2) is 5.90. The lowest BCUT2D eigenvalue weighted by molar-refractivity contribution is -0.202. The predicted molar refractivity (Wildman–Crippen MR) is 69.0 cm³/mol. The average molecular weight is 304 g/mol. The van der Waals surface area contributed by atoms with Crippen molar-refractivity contribution in [3.05, 3.63) is 23.8 Å². The van der Waals surface area contributed by atoms with Gasteiger partial charge in [-0.1, -0.05) is 6.07 Å². The molecule has 0 radical (unpaired) electrons. The van der Waals surface area contributed by atoms with Crippen LogP contribution in [-0.2, 0) is 4.79 Å². The first-order valence-electron chi connectivity index (χ1n) is 6.32. The average Bonchev–Trinajstić information content (AvgIpc) is 2.42. The van der Waals surface area contributed by atoms with E-state index in [1.807, 2.05) is 0 Å². The highest BCUT2D eigenvalue weighted by molar-refractivity contribution is 5.95. The molecule has 2 rings (SSSR count). The number of amides is 1. The molecule has 0 bridgehead atoms. The van der Waals surface area contributed by atoms with E-state index in [0.717, 1.165) is 0 Å². The molecule has 2 unspecified atom stereocenters. The monoisotopic (exact) mass is 304 g/mol. The summed E-state index contributed by atoms with van der Waals surface area (Å²) >= 11 is 0. The Labute approximate surface area is 119 Å². The van der Waals surface area contributed by atoms with Gasteiger partial charge in [0.15, 0.2) is 12.7 Å². The van der Waals surface area contributed by atoms with Gasteiger partial charge in [-0.25, -0.2) is 0 Å². The molecule has 1 aromatic rings. The van der Waals surface area contributed by atoms with E-state index in [4.69, 9.17) is 9.84 Å². The van der Waals surface area contributed by atoms with Gasteiger partial charge >= 0.3 is 6.18 Å². The molecule has 2 atom stereocenters. The van der Waals surface area contributed by atoms with Gasteiger partial charge in [0.25, 0.3) is 5.91 Å². The zero-order chi connectivity index (χ0) is 15.6. The van der Waals surface area contributed by atoms with Crippen LogP contribution in [0.3, 0.4) is 0 Å². The lowest BCUT2D eigenvalue weighted by atomic mass is 10.1. The van der Waals surface area contributed by atoms with E-state index >= 15 is 0 Å². The van der Waals surface area contributed by atoms with Crippen molar-refractivity contribution in [2.24, 2.45) is 0 Å². The van der Waals surface area contributed by atoms with Crippen molar-refractivity contribution in [3.63, 3.8) is 0 Å². The molecule has 0 aliphatic carbocycles. The van der Waals surface area contributed by atoms with E-state index in [9.17, 15) is 18.0 Å². The molecule has 0 saturated heterocycles. The Morgan fingerprint density at radius 3 is 2.86 bits per heavy atom. The number of hydrogen-bond donors (Lipinski definition) is 3. The molecule has 8 heteroatoms. The van der Waals surface area contributed by atoms with Crippen molar-refractivity contribution >= 4 is 11.6 Å². The zero-order valence-electron chi connectivity index (χ0n) is 11.2. The number of aliphatic hydroxyl groups is 1. The minimum absolute atomic E-state index is 0.0576. The van der Waals surface area contributed by atoms with Crippen LogP contribution in [0, 0.1) is 0 Å². The first-order valence-corrected chi connectivity index (χ1v) is 6.32. The number of alkyl halides is 3. The maximum atomic E-state index is 12.2. The molecule has 0 fully saturated rings. The molecule has 3 N–H and O–H groups in total. The number of rotatable bonds is 4. The topological polar surface area (TPSA) is 70.6 Å². The number of anilines is 1. The summed E-state index contributed by atoms with van der Waals surface area (Å²) in [5.74, 6) is 0.230. The molecule has 1 aliphatic heterocycles. The Morgan fingerprint density at radius 2 is 2.19 bits per heavy atom. The van der Waals surface area contributed by atoms with E-state index in [2.05, 4.69) is 10.6 Å². The van der Waals surface area contributed by atoms with Crippen LogP contribution in [0.25, 0.3) is 0 Å². The smallest absolute Gasteiger partial charge is 0.415 e. The van der Waals surface area contributed by atoms with Gasteiger partial charge in [-0.15, -0.1) is 0 Å². The molecule has 1 aliphatic rings. The maximum absolute atomic E-state index is 12.2. The Hall–Kier alpha value is -1.80. The van der Waals surface area contributed by atoms with Crippen LogP contribution in [0.4, 0.5) is 18.9 Å². The Bertz CT molecular complexity index is 534. The summed E-state index contributed by atoms with van der Waals surface area (Å²) < 4.78 is 41.8. The third-order valence-corrected chi connectivity index (χ3v) is 3.13. The van der Waals surface area contributed by atoms with Crippen molar-refractivity contribution < 1.29 is 27.8 Å². The number of ether oxygens (including phenoxy) is 1. The summed E-state index contributed by atoms with van der Waals surface area (Å²) in [5.41, 5.74) is 1.16. The number of hydrogen-bond acceptors (Lipinski definition) is 4. The number of carbonyl (C=O) groups is 1. The highest BCUT2D eigenvalue weighted by Crippen LogP contribution is 2.30. The quantitative estimate of drug-likeness (QED) is 0.790. The second-order valence-corrected chi connectivity index (χ2v) is 4.78. The highest BCUT2D eigenvalue weighted by Gasteiger charge is 2.37. The van der Waals surface area contributed by atoms with Crippen molar-refractivity contribution in [2.45, 2.75) is 25.2 Å². The summed E-state index contributed by atoms with van der Waals surface area (Å²) in [5, 5.41) is 14.2. The number of aliphatic hydroxyl groups excluding tert-OH is 1. The summed E-state index contributed by atoms with van der Waals surface area (Å²) in [4.78, 5) is 11.2. The lowest BCUT2D eigenvalue weighted by Gasteiger charge is -2.22. The van der Waals surface area contributed by atoms with Gasteiger partial charge in [0.05, 0.1) is 5.69 Å². The number of halogens is 3. The first kappa shape index (κ1) is 15.6. The van der Waals surface area contributed by atoms with Crippen LogP contribution in [-0.4, -0.2) is 36.4 Å². The third kappa shape index (κ3) is 3.85. The Morgan fingerprint density at radius 1 is 1.48 bits per heavy atom. The van der Waals surface area contributed by atoms with Crippen LogP contribution in [0.2, 0.25) is 0 Å². The van der Waals surface area contributed by atoms with Gasteiger partial charge in [0, 0.05) is 12.6 Å². The highest BCUT2D eigenvalue weighted by atomic mass is 19.4. The Kier molecular flexibility index (Phi) is 4.38. The first-order chi connectivity index (χ1) is 9.77. The molecular weight excluding hydrogens is 289 g/mol. The summed E-state index contributed by atoms with van der Waals surface area (Å²) in [6, 6.07) is 4.53. The van der Waals surface area contributed by atoms with Crippen molar-refractivity contribution in [1.29, 1.82) is 0 Å². The van der Waals surface area contributed by atoms with Gasteiger partial charge < -0.3 is 20.5 Å². The molecule has 21 heavy (non-hydrogen) atoms. The van der Waals surface area contributed by atoms with Crippen LogP contribution in [0.1, 0.15) is 18.5 Å². The van der Waals surface area contributed by atoms with Gasteiger partial charge in [-0.3, -0.25) is 4.79 Å². The summed E-state index contributed by atoms with van der Waals surface area (Å²) in [6.45, 7) is 0.999. The molecule has 0 aromatic heterocycles. The number of carbonyl (C=O) groups excluding carboxylic acids is 1. The maximum Gasteiger partial charge on any atom is 0.415 e. The van der Waals surface area contributed by atoms with E-state index in [0.29, 0.717) is 17.0 Å². The molecule has 116 valence electrons. The van der Waals surface area contributed by atoms with E-state index in [-0.39, 0.29) is 12.5 Å². The minimum atomic E-state index is -4.65. The number of nitrogens with one attached hydrogen (secondary N) is 2. The van der Waals surface area contributed by atoms with Crippen LogP contribution in [0.5, 0.6) is 5.75 Å². The van der Waals surface area contributed by atoms with E-state index in [1.54, 1.807) is 25.1 Å². The largest absolute Gasteiger partial charge is 0.482 e. The fraction of sp³-hybridized carbons (Fsp3) is 0.462. The minimum Gasteiger partial charge on any atom is -0.482 e. The van der Waals surface area contributed by atoms with Crippen LogP contribution >= 0.6 is 0 Å². The van der Waals surface area contributed by atoms with Crippen LogP contribution in [0.15, 0.2) is 18.2 Å². The fourth-order valence-corrected chi connectivity index (χ4v) is 1.89. The van der Waals surface area contributed by atoms with Gasteiger partial charge in [-0.2, -0.15) is 13.2 Å². The Balaban J connectivity index is 2.01. The SMILES string of the molecule is CC(NCC(O)C(F)(F)F)c1ccc2c(c1)NC(=O)CO2. The third-order valence-electron chi connectivity index (χ3n) is 3.13. The zero-order valence-corrected chi connectivity index (χ0v) is 11.2. The lowest BCUT2D eigenvalue weighted by Crippen LogP contribution is -2.39. The second-order valence-electron chi connectivity index (χ2n) is 4.78. The number of fused-ring (bicyclic) bond motifs is 1. The predicted octanol–water partition coefficient (Wildman–Crippen LogP) is 1.59. The normalized spacial score (nSPS) is 17.5. The molecule has 1 amide bonds. The van der Waals surface area contributed by atoms with Crippen molar-refractivity contribution in [1.82, 2.24) is 5.32 Å². The van der Waals surface area contributed by atoms with Gasteiger partial charge in [0.1, 0.15) is 5.75 Å².